The first-order valence-corrected chi connectivity index (χ1v) is 10.5. The average Bonchev–Trinajstić information content (AvgIpc) is 2.74. The summed E-state index contributed by atoms with van der Waals surface area (Å²) in [5, 5.41) is 0. The molecule has 1 amide bonds. The molecule has 4 rings (SSSR count). The Balaban J connectivity index is 1.36. The minimum atomic E-state index is -0.491. The molecule has 0 aliphatic carbocycles. The SMILES string of the molecule is CCOc1ccc(/C=C/C(=O)N2CCC3(CC2)CC(=O)c2cc(C)ccc2O3)cc1. The molecular weight excluding hydrogens is 378 g/mol. The third-order valence-corrected chi connectivity index (χ3v) is 5.84. The van der Waals surface area contributed by atoms with Crippen molar-refractivity contribution >= 4 is 17.8 Å². The fourth-order valence-corrected chi connectivity index (χ4v) is 4.14. The van der Waals surface area contributed by atoms with E-state index >= 15 is 0 Å². The summed E-state index contributed by atoms with van der Waals surface area (Å²) in [7, 11) is 0. The van der Waals surface area contributed by atoms with E-state index in [-0.39, 0.29) is 11.7 Å². The summed E-state index contributed by atoms with van der Waals surface area (Å²) in [5.41, 5.74) is 2.20. The molecule has 0 atom stereocenters. The molecule has 0 radical (unpaired) electrons. The minimum Gasteiger partial charge on any atom is -0.494 e. The number of hydrogen-bond donors (Lipinski definition) is 0. The Hall–Kier alpha value is -3.08. The van der Waals surface area contributed by atoms with Crippen LogP contribution in [0.25, 0.3) is 6.08 Å². The molecule has 156 valence electrons. The van der Waals surface area contributed by atoms with E-state index in [4.69, 9.17) is 9.47 Å². The van der Waals surface area contributed by atoms with Gasteiger partial charge in [0, 0.05) is 32.0 Å². The zero-order valence-electron chi connectivity index (χ0n) is 17.5. The fourth-order valence-electron chi connectivity index (χ4n) is 4.14. The van der Waals surface area contributed by atoms with Gasteiger partial charge in [-0.1, -0.05) is 23.8 Å². The zero-order chi connectivity index (χ0) is 21.1. The van der Waals surface area contributed by atoms with Gasteiger partial charge in [-0.3, -0.25) is 9.59 Å². The van der Waals surface area contributed by atoms with Gasteiger partial charge in [-0.05, 0) is 49.8 Å². The molecule has 2 aromatic carbocycles. The quantitative estimate of drug-likeness (QED) is 0.706. The Morgan fingerprint density at radius 2 is 1.90 bits per heavy atom. The van der Waals surface area contributed by atoms with Crippen LogP contribution in [0.4, 0.5) is 0 Å². The number of benzene rings is 2. The van der Waals surface area contributed by atoms with Crippen LogP contribution in [0.15, 0.2) is 48.5 Å². The Morgan fingerprint density at radius 1 is 1.17 bits per heavy atom. The number of carbonyl (C=O) groups excluding carboxylic acids is 2. The van der Waals surface area contributed by atoms with E-state index in [0.29, 0.717) is 50.3 Å². The van der Waals surface area contributed by atoms with Crippen LogP contribution < -0.4 is 9.47 Å². The highest BCUT2D eigenvalue weighted by Crippen LogP contribution is 2.39. The number of likely N-dealkylation sites (tertiary alicyclic amines) is 1. The maximum absolute atomic E-state index is 12.7. The van der Waals surface area contributed by atoms with Crippen LogP contribution >= 0.6 is 0 Å². The van der Waals surface area contributed by atoms with Crippen LogP contribution in [0.2, 0.25) is 0 Å². The van der Waals surface area contributed by atoms with Crippen molar-refractivity contribution in [2.24, 2.45) is 0 Å². The van der Waals surface area contributed by atoms with Gasteiger partial charge < -0.3 is 14.4 Å². The molecule has 0 saturated carbocycles. The number of amides is 1. The van der Waals surface area contributed by atoms with Gasteiger partial charge in [-0.15, -0.1) is 0 Å². The second-order valence-corrected chi connectivity index (χ2v) is 8.05. The molecule has 30 heavy (non-hydrogen) atoms. The molecule has 1 spiro atoms. The van der Waals surface area contributed by atoms with Gasteiger partial charge in [0.05, 0.1) is 18.6 Å². The molecule has 5 heteroatoms. The number of piperidine rings is 1. The average molecular weight is 405 g/mol. The van der Waals surface area contributed by atoms with Gasteiger partial charge in [0.15, 0.2) is 5.78 Å². The Labute approximate surface area is 177 Å². The highest BCUT2D eigenvalue weighted by Gasteiger charge is 2.43. The largest absolute Gasteiger partial charge is 0.494 e. The summed E-state index contributed by atoms with van der Waals surface area (Å²) >= 11 is 0. The number of Topliss-reactive ketones (excluding diaryl/α,β-unsaturated/α-hetero) is 1. The van der Waals surface area contributed by atoms with Crippen molar-refractivity contribution in [3.63, 3.8) is 0 Å². The zero-order valence-corrected chi connectivity index (χ0v) is 17.5. The van der Waals surface area contributed by atoms with Crippen LogP contribution in [0.1, 0.15) is 47.7 Å². The van der Waals surface area contributed by atoms with Crippen LogP contribution in [-0.4, -0.2) is 41.9 Å². The third kappa shape index (κ3) is 4.25. The lowest BCUT2D eigenvalue weighted by atomic mass is 9.82. The second-order valence-electron chi connectivity index (χ2n) is 8.05. The maximum atomic E-state index is 12.7. The Morgan fingerprint density at radius 3 is 2.60 bits per heavy atom. The van der Waals surface area contributed by atoms with Crippen LogP contribution in [0.3, 0.4) is 0 Å². The first-order chi connectivity index (χ1) is 14.5. The van der Waals surface area contributed by atoms with Crippen molar-refractivity contribution in [3.8, 4) is 11.5 Å². The maximum Gasteiger partial charge on any atom is 0.246 e. The van der Waals surface area contributed by atoms with Gasteiger partial charge >= 0.3 is 0 Å². The predicted molar refractivity (Wildman–Crippen MR) is 116 cm³/mol. The van der Waals surface area contributed by atoms with E-state index in [1.54, 1.807) is 6.08 Å². The van der Waals surface area contributed by atoms with Crippen LogP contribution in [0, 0.1) is 6.92 Å². The molecule has 0 unspecified atom stereocenters. The van der Waals surface area contributed by atoms with Crippen LogP contribution in [-0.2, 0) is 4.79 Å². The molecule has 1 saturated heterocycles. The number of ketones is 1. The standard InChI is InChI=1S/C25H27NO4/c1-3-29-20-8-5-19(6-9-20)7-11-24(28)26-14-12-25(13-15-26)17-22(27)21-16-18(2)4-10-23(21)30-25/h4-11,16H,3,12-15,17H2,1-2H3/b11-7+. The van der Waals surface area contributed by atoms with Gasteiger partial charge in [0.25, 0.3) is 0 Å². The van der Waals surface area contributed by atoms with Gasteiger partial charge in [0.2, 0.25) is 5.91 Å². The Kier molecular flexibility index (Phi) is 5.62. The fraction of sp³-hybridized carbons (Fsp3) is 0.360. The highest BCUT2D eigenvalue weighted by atomic mass is 16.5. The summed E-state index contributed by atoms with van der Waals surface area (Å²) in [4.78, 5) is 27.1. The van der Waals surface area contributed by atoms with E-state index in [0.717, 1.165) is 16.9 Å². The second kappa shape index (κ2) is 8.34. The lowest BCUT2D eigenvalue weighted by molar-refractivity contribution is -0.129. The summed E-state index contributed by atoms with van der Waals surface area (Å²) in [6.45, 7) is 5.72. The first kappa shape index (κ1) is 20.2. The number of carbonyl (C=O) groups is 2. The monoisotopic (exact) mass is 405 g/mol. The van der Waals surface area contributed by atoms with Crippen molar-refractivity contribution < 1.29 is 19.1 Å². The molecule has 0 N–H and O–H groups in total. The lowest BCUT2D eigenvalue weighted by Crippen LogP contribution is -2.52. The number of rotatable bonds is 4. The Bertz CT molecular complexity index is 969. The van der Waals surface area contributed by atoms with Crippen molar-refractivity contribution in [2.75, 3.05) is 19.7 Å². The van der Waals surface area contributed by atoms with E-state index in [1.165, 1.54) is 0 Å². The van der Waals surface area contributed by atoms with E-state index in [9.17, 15) is 9.59 Å². The van der Waals surface area contributed by atoms with Crippen LogP contribution in [0.5, 0.6) is 11.5 Å². The van der Waals surface area contributed by atoms with E-state index < -0.39 is 5.60 Å². The minimum absolute atomic E-state index is 0.0168. The van der Waals surface area contributed by atoms with E-state index in [2.05, 4.69) is 0 Å². The third-order valence-electron chi connectivity index (χ3n) is 5.84. The summed E-state index contributed by atoms with van der Waals surface area (Å²) in [5.74, 6) is 1.61. The predicted octanol–water partition coefficient (Wildman–Crippen LogP) is 4.43. The number of ether oxygens (including phenoxy) is 2. The summed E-state index contributed by atoms with van der Waals surface area (Å²) < 4.78 is 11.7. The summed E-state index contributed by atoms with van der Waals surface area (Å²) in [6.07, 6.45) is 5.14. The highest BCUT2D eigenvalue weighted by molar-refractivity contribution is 6.00. The molecule has 2 aliphatic rings. The topological polar surface area (TPSA) is 55.8 Å². The van der Waals surface area contributed by atoms with Crippen molar-refractivity contribution in [1.82, 2.24) is 4.90 Å². The lowest BCUT2D eigenvalue weighted by Gasteiger charge is -2.43. The van der Waals surface area contributed by atoms with Crippen molar-refractivity contribution in [3.05, 3.63) is 65.2 Å². The molecule has 5 nitrogen and oxygen atoms in total. The number of nitrogens with zero attached hydrogens (tertiary/aromatic N) is 1. The molecule has 0 bridgehead atoms. The molecule has 2 aliphatic heterocycles. The first-order valence-electron chi connectivity index (χ1n) is 10.5. The number of hydrogen-bond acceptors (Lipinski definition) is 4. The molecule has 2 heterocycles. The van der Waals surface area contributed by atoms with E-state index in [1.807, 2.05) is 67.3 Å². The van der Waals surface area contributed by atoms with Gasteiger partial charge in [0.1, 0.15) is 17.1 Å². The van der Waals surface area contributed by atoms with Crippen molar-refractivity contribution in [1.29, 1.82) is 0 Å². The van der Waals surface area contributed by atoms with Gasteiger partial charge in [-0.2, -0.15) is 0 Å². The molecular formula is C25H27NO4. The normalized spacial score (nSPS) is 17.7. The molecule has 0 aromatic heterocycles. The molecule has 1 fully saturated rings. The van der Waals surface area contributed by atoms with Gasteiger partial charge in [-0.25, -0.2) is 0 Å². The van der Waals surface area contributed by atoms with Crippen molar-refractivity contribution in [2.45, 2.75) is 38.7 Å². The smallest absolute Gasteiger partial charge is 0.246 e. The summed E-state index contributed by atoms with van der Waals surface area (Å²) in [6, 6.07) is 13.4. The number of fused-ring (bicyclic) bond motifs is 1. The molecule has 2 aromatic rings. The number of aryl methyl sites for hydroxylation is 1.